The molecular weight excluding hydrogens is 442 g/mol. The largest absolute Gasteiger partial charge is 0.459 e. The van der Waals surface area contributed by atoms with Gasteiger partial charge < -0.3 is 9.32 Å². The van der Waals surface area contributed by atoms with Gasteiger partial charge in [-0.3, -0.25) is 4.79 Å². The highest BCUT2D eigenvalue weighted by atomic mass is 32.2. The van der Waals surface area contributed by atoms with Crippen molar-refractivity contribution in [2.75, 3.05) is 39.3 Å². The first-order chi connectivity index (χ1) is 14.7. The van der Waals surface area contributed by atoms with Crippen LogP contribution in [0.15, 0.2) is 52.0 Å². The Morgan fingerprint density at radius 1 is 0.968 bits per heavy atom. The van der Waals surface area contributed by atoms with E-state index in [9.17, 15) is 21.6 Å². The molecule has 1 fully saturated rings. The van der Waals surface area contributed by atoms with Gasteiger partial charge in [-0.15, -0.1) is 0 Å². The summed E-state index contributed by atoms with van der Waals surface area (Å²) in [6.45, 7) is 5.06. The molecule has 9 nitrogen and oxygen atoms in total. The van der Waals surface area contributed by atoms with E-state index >= 15 is 0 Å². The molecule has 0 spiro atoms. The van der Waals surface area contributed by atoms with Crippen molar-refractivity contribution in [1.29, 1.82) is 0 Å². The second-order valence-corrected chi connectivity index (χ2v) is 11.0. The summed E-state index contributed by atoms with van der Waals surface area (Å²) in [6.07, 6.45) is 1.30. The zero-order valence-corrected chi connectivity index (χ0v) is 19.2. The Hall–Kier alpha value is -2.21. The van der Waals surface area contributed by atoms with E-state index in [1.54, 1.807) is 32.0 Å². The second kappa shape index (κ2) is 9.51. The molecule has 0 atom stereocenters. The lowest BCUT2D eigenvalue weighted by Crippen LogP contribution is -2.54. The maximum absolute atomic E-state index is 13.0. The van der Waals surface area contributed by atoms with Crippen molar-refractivity contribution in [2.45, 2.75) is 24.5 Å². The van der Waals surface area contributed by atoms with Crippen molar-refractivity contribution in [1.82, 2.24) is 13.5 Å². The van der Waals surface area contributed by atoms with Gasteiger partial charge in [-0.2, -0.15) is 17.0 Å². The lowest BCUT2D eigenvalue weighted by molar-refractivity contribution is 0.0661. The number of piperazine rings is 1. The number of carbonyl (C=O) groups excluding carboxylic acids is 1. The molecule has 1 amide bonds. The molecule has 1 aromatic carbocycles. The maximum Gasteiger partial charge on any atom is 0.289 e. The van der Waals surface area contributed by atoms with Crippen LogP contribution in [0.25, 0.3) is 0 Å². The van der Waals surface area contributed by atoms with Crippen molar-refractivity contribution in [3.63, 3.8) is 0 Å². The lowest BCUT2D eigenvalue weighted by Gasteiger charge is -2.36. The van der Waals surface area contributed by atoms with Crippen LogP contribution >= 0.6 is 0 Å². The summed E-state index contributed by atoms with van der Waals surface area (Å²) in [5.74, 6) is -0.826. The molecule has 0 N–H and O–H groups in total. The first-order valence-corrected chi connectivity index (χ1v) is 13.1. The van der Waals surface area contributed by atoms with Crippen LogP contribution in [0.5, 0.6) is 0 Å². The second-order valence-electron chi connectivity index (χ2n) is 7.13. The van der Waals surface area contributed by atoms with E-state index in [1.165, 1.54) is 38.0 Å². The van der Waals surface area contributed by atoms with Gasteiger partial charge in [0.25, 0.3) is 16.1 Å². The quantitative estimate of drug-likeness (QED) is 0.581. The number of hydrogen-bond donors (Lipinski definition) is 0. The SMILES string of the molecule is CCN(CC)S(=O)(=O)N1CCN(C(=O)c2occc2CS(=O)(=O)c2ccccc2)CC1. The van der Waals surface area contributed by atoms with E-state index in [2.05, 4.69) is 0 Å². The Bertz CT molecular complexity index is 1100. The van der Waals surface area contributed by atoms with E-state index < -0.39 is 26.0 Å². The molecule has 2 heterocycles. The normalized spacial score (nSPS) is 16.0. The van der Waals surface area contributed by atoms with Gasteiger partial charge in [0.1, 0.15) is 0 Å². The Morgan fingerprint density at radius 2 is 1.58 bits per heavy atom. The number of amides is 1. The van der Waals surface area contributed by atoms with E-state index in [-0.39, 0.29) is 48.2 Å². The summed E-state index contributed by atoms with van der Waals surface area (Å²) in [4.78, 5) is 14.6. The highest BCUT2D eigenvalue weighted by Crippen LogP contribution is 2.22. The zero-order valence-electron chi connectivity index (χ0n) is 17.6. The lowest BCUT2D eigenvalue weighted by atomic mass is 10.2. The maximum atomic E-state index is 13.0. The minimum Gasteiger partial charge on any atom is -0.459 e. The summed E-state index contributed by atoms with van der Waals surface area (Å²) in [5.41, 5.74) is 0.284. The first-order valence-electron chi connectivity index (χ1n) is 10.1. The van der Waals surface area contributed by atoms with E-state index in [0.29, 0.717) is 13.1 Å². The fourth-order valence-electron chi connectivity index (χ4n) is 3.53. The number of furan rings is 1. The molecule has 170 valence electrons. The molecule has 0 radical (unpaired) electrons. The minimum absolute atomic E-state index is 0.0282. The van der Waals surface area contributed by atoms with Gasteiger partial charge >= 0.3 is 0 Å². The summed E-state index contributed by atoms with van der Waals surface area (Å²) in [7, 11) is -7.20. The van der Waals surface area contributed by atoms with Crippen LogP contribution in [0.1, 0.15) is 30.0 Å². The zero-order chi connectivity index (χ0) is 22.6. The van der Waals surface area contributed by atoms with Crippen LogP contribution in [0.3, 0.4) is 0 Å². The van der Waals surface area contributed by atoms with Crippen LogP contribution in [-0.2, 0) is 25.8 Å². The molecule has 1 aromatic heterocycles. The van der Waals surface area contributed by atoms with Gasteiger partial charge in [0, 0.05) is 44.8 Å². The number of sulfone groups is 1. The standard InChI is InChI=1S/C20H27N3O6S2/c1-3-22(4-2)31(27,28)23-13-11-21(12-14-23)20(24)19-17(10-15-29-19)16-30(25,26)18-8-6-5-7-9-18/h5-10,15H,3-4,11-14,16H2,1-2H3. The molecule has 11 heteroatoms. The van der Waals surface area contributed by atoms with E-state index in [0.717, 1.165) is 0 Å². The summed E-state index contributed by atoms with van der Waals surface area (Å²) >= 11 is 0. The molecule has 0 aliphatic carbocycles. The number of benzene rings is 1. The highest BCUT2D eigenvalue weighted by molar-refractivity contribution is 7.90. The Balaban J connectivity index is 1.70. The van der Waals surface area contributed by atoms with Gasteiger partial charge in [-0.1, -0.05) is 32.0 Å². The molecular formula is C20H27N3O6S2. The van der Waals surface area contributed by atoms with Gasteiger partial charge in [0.05, 0.1) is 16.9 Å². The Morgan fingerprint density at radius 3 is 2.16 bits per heavy atom. The molecule has 1 aliphatic rings. The summed E-state index contributed by atoms with van der Waals surface area (Å²) < 4.78 is 58.8. The highest BCUT2D eigenvalue weighted by Gasteiger charge is 2.34. The van der Waals surface area contributed by atoms with Crippen LogP contribution in [0.2, 0.25) is 0 Å². The van der Waals surface area contributed by atoms with Gasteiger partial charge in [0.15, 0.2) is 15.6 Å². The van der Waals surface area contributed by atoms with Crippen molar-refractivity contribution in [3.05, 3.63) is 54.0 Å². The van der Waals surface area contributed by atoms with Crippen LogP contribution in [0, 0.1) is 0 Å². The predicted molar refractivity (Wildman–Crippen MR) is 115 cm³/mol. The molecule has 2 aromatic rings. The van der Waals surface area contributed by atoms with Crippen molar-refractivity contribution >= 4 is 26.0 Å². The number of hydrogen-bond acceptors (Lipinski definition) is 6. The number of nitrogens with zero attached hydrogens (tertiary/aromatic N) is 3. The molecule has 0 saturated carbocycles. The number of rotatable bonds is 8. The molecule has 31 heavy (non-hydrogen) atoms. The molecule has 0 unspecified atom stereocenters. The van der Waals surface area contributed by atoms with Crippen LogP contribution in [-0.4, -0.2) is 75.5 Å². The first kappa shape index (κ1) is 23.5. The Labute approximate surface area is 183 Å². The topological polar surface area (TPSA) is 108 Å². The molecule has 1 aliphatic heterocycles. The average Bonchev–Trinajstić information content (AvgIpc) is 3.22. The monoisotopic (exact) mass is 469 g/mol. The number of carbonyl (C=O) groups is 1. The van der Waals surface area contributed by atoms with Gasteiger partial charge in [0.2, 0.25) is 0 Å². The van der Waals surface area contributed by atoms with Crippen LogP contribution in [0.4, 0.5) is 0 Å². The fourth-order valence-corrected chi connectivity index (χ4v) is 6.51. The Kier molecular flexibility index (Phi) is 7.20. The molecule has 1 saturated heterocycles. The van der Waals surface area contributed by atoms with Gasteiger partial charge in [-0.25, -0.2) is 8.42 Å². The van der Waals surface area contributed by atoms with Crippen molar-refractivity contribution < 1.29 is 26.0 Å². The van der Waals surface area contributed by atoms with Crippen LogP contribution < -0.4 is 0 Å². The smallest absolute Gasteiger partial charge is 0.289 e. The molecule has 3 rings (SSSR count). The fraction of sp³-hybridized carbons (Fsp3) is 0.450. The van der Waals surface area contributed by atoms with E-state index in [4.69, 9.17) is 4.42 Å². The van der Waals surface area contributed by atoms with Crippen molar-refractivity contribution in [3.8, 4) is 0 Å². The minimum atomic E-state index is -3.64. The third-order valence-corrected chi connectivity index (χ3v) is 9.14. The summed E-state index contributed by atoms with van der Waals surface area (Å²) in [6, 6.07) is 9.50. The van der Waals surface area contributed by atoms with Gasteiger partial charge in [-0.05, 0) is 18.2 Å². The predicted octanol–water partition coefficient (Wildman–Crippen LogP) is 1.60. The molecule has 0 bridgehead atoms. The summed E-state index contributed by atoms with van der Waals surface area (Å²) in [5, 5.41) is 0. The van der Waals surface area contributed by atoms with E-state index in [1.807, 2.05) is 0 Å². The third kappa shape index (κ3) is 5.00. The third-order valence-electron chi connectivity index (χ3n) is 5.27. The average molecular weight is 470 g/mol. The van der Waals surface area contributed by atoms with Crippen molar-refractivity contribution in [2.24, 2.45) is 0 Å².